The minimum absolute atomic E-state index is 0.205. The fraction of sp³-hybridized carbons (Fsp3) is 0.167. The molecule has 2 aromatic rings. The summed E-state index contributed by atoms with van der Waals surface area (Å²) in [4.78, 5) is 0. The predicted octanol–water partition coefficient (Wildman–Crippen LogP) is 1.98. The van der Waals surface area contributed by atoms with Gasteiger partial charge in [0.15, 0.2) is 11.6 Å². The molecule has 1 unspecified atom stereocenters. The Morgan fingerprint density at radius 3 is 2.71 bits per heavy atom. The Bertz CT molecular complexity index is 485. The highest BCUT2D eigenvalue weighted by Crippen LogP contribution is 2.25. The van der Waals surface area contributed by atoms with Crippen LogP contribution in [0.25, 0.3) is 0 Å². The van der Waals surface area contributed by atoms with E-state index >= 15 is 0 Å². The molecule has 0 saturated heterocycles. The highest BCUT2D eigenvalue weighted by molar-refractivity contribution is 5.35. The number of nitrogens with one attached hydrogen (secondary N) is 1. The molecule has 0 aliphatic carbocycles. The number of halogens is 1. The number of nitrogens with two attached hydrogens (primary N) is 1. The number of hydrogen-bond donors (Lipinski definition) is 2. The molecule has 0 aliphatic rings. The number of ether oxygens (including phenoxy) is 1. The molecule has 3 N–H and O–H groups in total. The Labute approximate surface area is 98.2 Å². The zero-order valence-corrected chi connectivity index (χ0v) is 9.31. The maximum atomic E-state index is 13.6. The molecular formula is C12H13FN2O2. The molecule has 1 aromatic heterocycles. The van der Waals surface area contributed by atoms with Crippen LogP contribution < -0.4 is 16.0 Å². The van der Waals surface area contributed by atoms with Gasteiger partial charge in [-0.25, -0.2) is 9.82 Å². The molecule has 90 valence electrons. The molecule has 4 nitrogen and oxygen atoms in total. The van der Waals surface area contributed by atoms with Gasteiger partial charge in [0.25, 0.3) is 0 Å². The lowest BCUT2D eigenvalue weighted by Gasteiger charge is -2.15. The van der Waals surface area contributed by atoms with Crippen LogP contribution >= 0.6 is 0 Å². The van der Waals surface area contributed by atoms with E-state index in [1.54, 1.807) is 30.7 Å². The standard InChI is InChI=1S/C12H13FN2O2/c1-16-11-3-2-8(6-10(11)13)12(15-14)9-4-5-17-7-9/h2-7,12,15H,14H2,1H3. The molecule has 0 bridgehead atoms. The van der Waals surface area contributed by atoms with Crippen LogP contribution in [0.4, 0.5) is 4.39 Å². The monoisotopic (exact) mass is 236 g/mol. The maximum Gasteiger partial charge on any atom is 0.165 e. The first-order valence-electron chi connectivity index (χ1n) is 5.08. The minimum Gasteiger partial charge on any atom is -0.494 e. The maximum absolute atomic E-state index is 13.6. The largest absolute Gasteiger partial charge is 0.494 e. The summed E-state index contributed by atoms with van der Waals surface area (Å²) in [5.41, 5.74) is 4.15. The molecule has 0 radical (unpaired) electrons. The molecule has 0 fully saturated rings. The van der Waals surface area contributed by atoms with Crippen molar-refractivity contribution >= 4 is 0 Å². The quantitative estimate of drug-likeness (QED) is 0.629. The molecule has 0 spiro atoms. The third-order valence-electron chi connectivity index (χ3n) is 2.55. The zero-order valence-electron chi connectivity index (χ0n) is 9.31. The van der Waals surface area contributed by atoms with Gasteiger partial charge in [-0.3, -0.25) is 5.84 Å². The van der Waals surface area contributed by atoms with Crippen LogP contribution in [-0.4, -0.2) is 7.11 Å². The highest BCUT2D eigenvalue weighted by atomic mass is 19.1. The summed E-state index contributed by atoms with van der Waals surface area (Å²) in [6.45, 7) is 0. The van der Waals surface area contributed by atoms with E-state index in [2.05, 4.69) is 5.43 Å². The van der Waals surface area contributed by atoms with Crippen molar-refractivity contribution in [3.63, 3.8) is 0 Å². The fourth-order valence-electron chi connectivity index (χ4n) is 1.69. The molecule has 17 heavy (non-hydrogen) atoms. The predicted molar refractivity (Wildman–Crippen MR) is 60.8 cm³/mol. The van der Waals surface area contributed by atoms with E-state index < -0.39 is 5.82 Å². The third kappa shape index (κ3) is 2.30. The van der Waals surface area contributed by atoms with Crippen molar-refractivity contribution in [2.24, 2.45) is 5.84 Å². The van der Waals surface area contributed by atoms with Gasteiger partial charge in [0.1, 0.15) is 0 Å². The van der Waals surface area contributed by atoms with Gasteiger partial charge in [-0.05, 0) is 23.8 Å². The molecular weight excluding hydrogens is 223 g/mol. The summed E-state index contributed by atoms with van der Waals surface area (Å²) in [7, 11) is 1.42. The molecule has 0 saturated carbocycles. The minimum atomic E-state index is -0.422. The number of benzene rings is 1. The summed E-state index contributed by atoms with van der Waals surface area (Å²) in [6, 6.07) is 6.16. The molecule has 1 aromatic carbocycles. The fourth-order valence-corrected chi connectivity index (χ4v) is 1.69. The molecule has 5 heteroatoms. The summed E-state index contributed by atoms with van der Waals surface area (Å²) in [5, 5.41) is 0. The first kappa shape index (κ1) is 11.6. The van der Waals surface area contributed by atoms with Gasteiger partial charge in [-0.1, -0.05) is 6.07 Å². The Balaban J connectivity index is 2.35. The Hall–Kier alpha value is -1.85. The molecule has 1 atom stereocenters. The van der Waals surface area contributed by atoms with Gasteiger partial charge >= 0.3 is 0 Å². The summed E-state index contributed by atoms with van der Waals surface area (Å²) < 4.78 is 23.4. The first-order chi connectivity index (χ1) is 8.26. The molecule has 0 aliphatic heterocycles. The van der Waals surface area contributed by atoms with Crippen molar-refractivity contribution in [1.82, 2.24) is 5.43 Å². The van der Waals surface area contributed by atoms with E-state index in [0.29, 0.717) is 5.56 Å². The van der Waals surface area contributed by atoms with E-state index in [-0.39, 0.29) is 11.8 Å². The van der Waals surface area contributed by atoms with Crippen LogP contribution in [0, 0.1) is 5.82 Å². The SMILES string of the molecule is COc1ccc(C(NN)c2ccoc2)cc1F. The van der Waals surface area contributed by atoms with Crippen molar-refractivity contribution < 1.29 is 13.5 Å². The van der Waals surface area contributed by atoms with Crippen LogP contribution in [0.15, 0.2) is 41.2 Å². The van der Waals surface area contributed by atoms with Crippen molar-refractivity contribution in [3.8, 4) is 5.75 Å². The van der Waals surface area contributed by atoms with Crippen LogP contribution in [0.3, 0.4) is 0 Å². The Morgan fingerprint density at radius 1 is 1.35 bits per heavy atom. The Kier molecular flexibility index (Phi) is 3.41. The van der Waals surface area contributed by atoms with Gasteiger partial charge in [-0.15, -0.1) is 0 Å². The normalized spacial score (nSPS) is 12.4. The summed E-state index contributed by atoms with van der Waals surface area (Å²) in [6.07, 6.45) is 3.10. The van der Waals surface area contributed by atoms with Crippen molar-refractivity contribution in [1.29, 1.82) is 0 Å². The highest BCUT2D eigenvalue weighted by Gasteiger charge is 2.15. The Morgan fingerprint density at radius 2 is 2.18 bits per heavy atom. The number of furan rings is 1. The second-order valence-electron chi connectivity index (χ2n) is 3.55. The van der Waals surface area contributed by atoms with Crippen LogP contribution in [0.1, 0.15) is 17.2 Å². The molecule has 0 amide bonds. The number of hydrazine groups is 1. The van der Waals surface area contributed by atoms with E-state index in [1.807, 2.05) is 0 Å². The lowest BCUT2D eigenvalue weighted by molar-refractivity contribution is 0.385. The van der Waals surface area contributed by atoms with Crippen LogP contribution in [0.5, 0.6) is 5.75 Å². The van der Waals surface area contributed by atoms with E-state index in [9.17, 15) is 4.39 Å². The second-order valence-corrected chi connectivity index (χ2v) is 3.55. The first-order valence-corrected chi connectivity index (χ1v) is 5.08. The van der Waals surface area contributed by atoms with E-state index in [4.69, 9.17) is 15.0 Å². The topological polar surface area (TPSA) is 60.4 Å². The number of methoxy groups -OCH3 is 1. The lowest BCUT2D eigenvalue weighted by Crippen LogP contribution is -2.28. The van der Waals surface area contributed by atoms with Gasteiger partial charge < -0.3 is 9.15 Å². The van der Waals surface area contributed by atoms with Crippen LogP contribution in [-0.2, 0) is 0 Å². The van der Waals surface area contributed by atoms with Gasteiger partial charge in [-0.2, -0.15) is 0 Å². The molecule has 1 heterocycles. The van der Waals surface area contributed by atoms with E-state index in [0.717, 1.165) is 5.56 Å². The van der Waals surface area contributed by atoms with Gasteiger partial charge in [0.2, 0.25) is 0 Å². The smallest absolute Gasteiger partial charge is 0.165 e. The average Bonchev–Trinajstić information content (AvgIpc) is 2.84. The second kappa shape index (κ2) is 4.99. The zero-order chi connectivity index (χ0) is 12.3. The molecule has 2 rings (SSSR count). The van der Waals surface area contributed by atoms with Crippen LogP contribution in [0.2, 0.25) is 0 Å². The number of hydrogen-bond acceptors (Lipinski definition) is 4. The van der Waals surface area contributed by atoms with E-state index in [1.165, 1.54) is 13.2 Å². The van der Waals surface area contributed by atoms with Gasteiger partial charge in [0.05, 0.1) is 25.7 Å². The lowest BCUT2D eigenvalue weighted by atomic mass is 10.0. The summed E-state index contributed by atoms with van der Waals surface area (Å²) >= 11 is 0. The van der Waals surface area contributed by atoms with Crippen molar-refractivity contribution in [2.45, 2.75) is 6.04 Å². The number of rotatable bonds is 4. The van der Waals surface area contributed by atoms with Crippen molar-refractivity contribution in [2.75, 3.05) is 7.11 Å². The average molecular weight is 236 g/mol. The van der Waals surface area contributed by atoms with Gasteiger partial charge in [0, 0.05) is 5.56 Å². The summed E-state index contributed by atoms with van der Waals surface area (Å²) in [5.74, 6) is 5.25. The third-order valence-corrected chi connectivity index (χ3v) is 2.55. The van der Waals surface area contributed by atoms with Crippen molar-refractivity contribution in [3.05, 3.63) is 53.7 Å².